The average molecular weight is 397 g/mol. The van der Waals surface area contributed by atoms with E-state index in [9.17, 15) is 18.0 Å². The molecule has 1 aromatic carbocycles. The maximum Gasteiger partial charge on any atom is 0.422 e. The van der Waals surface area contributed by atoms with Gasteiger partial charge in [0.05, 0.1) is 5.69 Å². The first-order valence-corrected chi connectivity index (χ1v) is 8.78. The summed E-state index contributed by atoms with van der Waals surface area (Å²) in [4.78, 5) is 16.3. The number of ether oxygens (including phenoxy) is 1. The molecule has 0 fully saturated rings. The molecule has 2 aromatic heterocycles. The molecule has 142 valence electrons. The molecule has 1 N–H and O–H groups in total. The smallest absolute Gasteiger partial charge is 0.422 e. The average Bonchev–Trinajstić information content (AvgIpc) is 3.30. The van der Waals surface area contributed by atoms with Gasteiger partial charge in [-0.1, -0.05) is 17.3 Å². The van der Waals surface area contributed by atoms with Crippen molar-refractivity contribution in [2.24, 2.45) is 0 Å². The molecular formula is C17H14F3N3O3S. The lowest BCUT2D eigenvalue weighted by atomic mass is 10.2. The van der Waals surface area contributed by atoms with Gasteiger partial charge in [0.1, 0.15) is 5.75 Å². The topological polar surface area (TPSA) is 77.2 Å². The van der Waals surface area contributed by atoms with Crippen molar-refractivity contribution in [3.63, 3.8) is 0 Å². The second-order valence-electron chi connectivity index (χ2n) is 5.47. The number of benzene rings is 1. The summed E-state index contributed by atoms with van der Waals surface area (Å²) in [5.41, 5.74) is 0.992. The zero-order valence-electron chi connectivity index (χ0n) is 13.8. The molecule has 0 atom stereocenters. The molecule has 0 saturated carbocycles. The lowest BCUT2D eigenvalue weighted by Gasteiger charge is -2.13. The predicted octanol–water partition coefficient (Wildman–Crippen LogP) is 4.31. The van der Waals surface area contributed by atoms with Gasteiger partial charge < -0.3 is 14.6 Å². The number of anilines is 1. The van der Waals surface area contributed by atoms with Crippen LogP contribution in [-0.4, -0.2) is 28.8 Å². The van der Waals surface area contributed by atoms with Crippen LogP contribution in [0.4, 0.5) is 18.9 Å². The highest BCUT2D eigenvalue weighted by atomic mass is 32.1. The van der Waals surface area contributed by atoms with Crippen molar-refractivity contribution in [2.45, 2.75) is 19.0 Å². The van der Waals surface area contributed by atoms with Crippen molar-refractivity contribution in [1.29, 1.82) is 0 Å². The van der Waals surface area contributed by atoms with Crippen molar-refractivity contribution >= 4 is 22.9 Å². The first-order valence-electron chi connectivity index (χ1n) is 7.84. The number of nitrogens with zero attached hydrogens (tertiary/aromatic N) is 2. The summed E-state index contributed by atoms with van der Waals surface area (Å²) >= 11 is 1.50. The number of aromatic nitrogens is 2. The number of carbonyl (C=O) groups is 1. The third-order valence-electron chi connectivity index (χ3n) is 3.37. The number of halogens is 3. The molecule has 10 heteroatoms. The zero-order chi connectivity index (χ0) is 19.3. The van der Waals surface area contributed by atoms with Crippen LogP contribution in [0.15, 0.2) is 45.6 Å². The number of carbonyl (C=O) groups excluding carboxylic acids is 1. The summed E-state index contributed by atoms with van der Waals surface area (Å²) in [7, 11) is 0. The van der Waals surface area contributed by atoms with Crippen LogP contribution in [0.25, 0.3) is 11.4 Å². The van der Waals surface area contributed by atoms with Gasteiger partial charge in [-0.2, -0.15) is 29.5 Å². The molecular weight excluding hydrogens is 383 g/mol. The van der Waals surface area contributed by atoms with E-state index in [1.807, 2.05) is 16.8 Å². The molecule has 1 amide bonds. The lowest BCUT2D eigenvalue weighted by molar-refractivity contribution is -0.153. The number of hydrogen-bond donors (Lipinski definition) is 1. The quantitative estimate of drug-likeness (QED) is 0.643. The van der Waals surface area contributed by atoms with E-state index in [4.69, 9.17) is 9.26 Å². The summed E-state index contributed by atoms with van der Waals surface area (Å²) in [6.45, 7) is -1.44. The number of nitrogens with one attached hydrogen (secondary N) is 1. The monoisotopic (exact) mass is 397 g/mol. The Morgan fingerprint density at radius 1 is 1.26 bits per heavy atom. The van der Waals surface area contributed by atoms with E-state index < -0.39 is 18.7 Å². The van der Waals surface area contributed by atoms with Gasteiger partial charge in [-0.15, -0.1) is 0 Å². The largest absolute Gasteiger partial charge is 0.482 e. The normalized spacial score (nSPS) is 11.4. The predicted molar refractivity (Wildman–Crippen MR) is 92.6 cm³/mol. The zero-order valence-corrected chi connectivity index (χ0v) is 14.6. The lowest BCUT2D eigenvalue weighted by Crippen LogP contribution is -2.20. The van der Waals surface area contributed by atoms with Gasteiger partial charge in [0.2, 0.25) is 17.6 Å². The van der Waals surface area contributed by atoms with Crippen molar-refractivity contribution in [2.75, 3.05) is 11.9 Å². The molecule has 0 unspecified atom stereocenters. The van der Waals surface area contributed by atoms with Gasteiger partial charge in [-0.05, 0) is 23.6 Å². The number of hydrogen-bond acceptors (Lipinski definition) is 6. The Hall–Kier alpha value is -2.88. The van der Waals surface area contributed by atoms with Gasteiger partial charge in [-0.3, -0.25) is 4.79 Å². The SMILES string of the molecule is O=C(CCc1nc(-c2ccsc2)no1)Nc1ccccc1OCC(F)(F)F. The van der Waals surface area contributed by atoms with Gasteiger partial charge in [0.15, 0.2) is 6.61 Å². The third-order valence-corrected chi connectivity index (χ3v) is 4.05. The molecule has 6 nitrogen and oxygen atoms in total. The first-order chi connectivity index (χ1) is 12.9. The molecule has 0 aliphatic heterocycles. The number of alkyl halides is 3. The van der Waals surface area contributed by atoms with Crippen LogP contribution in [0.1, 0.15) is 12.3 Å². The molecule has 3 aromatic rings. The minimum absolute atomic E-state index is 0.0267. The van der Waals surface area contributed by atoms with Gasteiger partial charge in [-0.25, -0.2) is 0 Å². The van der Waals surface area contributed by atoms with Crippen LogP contribution in [-0.2, 0) is 11.2 Å². The van der Waals surface area contributed by atoms with Gasteiger partial charge >= 0.3 is 6.18 Å². The van der Waals surface area contributed by atoms with Crippen molar-refractivity contribution < 1.29 is 27.2 Å². The van der Waals surface area contributed by atoms with E-state index in [0.717, 1.165) is 5.56 Å². The number of rotatable bonds is 7. The summed E-state index contributed by atoms with van der Waals surface area (Å²) in [6, 6.07) is 7.77. The molecule has 27 heavy (non-hydrogen) atoms. The summed E-state index contributed by atoms with van der Waals surface area (Å²) < 4.78 is 46.8. The van der Waals surface area contributed by atoms with Crippen LogP contribution in [0, 0.1) is 0 Å². The molecule has 3 rings (SSSR count). The second kappa shape index (κ2) is 8.21. The van der Waals surface area contributed by atoms with Crippen molar-refractivity contribution in [3.8, 4) is 17.1 Å². The minimum atomic E-state index is -4.46. The van der Waals surface area contributed by atoms with Gasteiger partial charge in [0, 0.05) is 23.8 Å². The highest BCUT2D eigenvalue weighted by molar-refractivity contribution is 7.08. The standard InChI is InChI=1S/C17H14F3N3O3S/c18-17(19,20)10-25-13-4-2-1-3-12(13)21-14(24)5-6-15-22-16(23-26-15)11-7-8-27-9-11/h1-4,7-9H,5-6,10H2,(H,21,24). The van der Waals surface area contributed by atoms with Crippen LogP contribution < -0.4 is 10.1 Å². The molecule has 0 radical (unpaired) electrons. The Bertz CT molecular complexity index is 894. The van der Waals surface area contributed by atoms with E-state index in [1.165, 1.54) is 29.5 Å². The van der Waals surface area contributed by atoms with E-state index in [-0.39, 0.29) is 24.3 Å². The van der Waals surface area contributed by atoms with Crippen LogP contribution >= 0.6 is 11.3 Å². The first kappa shape index (κ1) is 18.9. The highest BCUT2D eigenvalue weighted by Crippen LogP contribution is 2.26. The fraction of sp³-hybridized carbons (Fsp3) is 0.235. The van der Waals surface area contributed by atoms with Crippen molar-refractivity contribution in [3.05, 3.63) is 47.0 Å². The number of amides is 1. The highest BCUT2D eigenvalue weighted by Gasteiger charge is 2.28. The molecule has 0 saturated heterocycles. The number of aryl methyl sites for hydroxylation is 1. The number of para-hydroxylation sites is 2. The summed E-state index contributed by atoms with van der Waals surface area (Å²) in [5.74, 6) is 0.277. The Balaban J connectivity index is 1.55. The van der Waals surface area contributed by atoms with E-state index in [2.05, 4.69) is 15.5 Å². The van der Waals surface area contributed by atoms with Gasteiger partial charge in [0.25, 0.3) is 0 Å². The fourth-order valence-corrected chi connectivity index (χ4v) is 2.79. The van der Waals surface area contributed by atoms with Crippen LogP contribution in [0.3, 0.4) is 0 Å². The maximum atomic E-state index is 12.3. The molecule has 0 bridgehead atoms. The third kappa shape index (κ3) is 5.55. The Kier molecular flexibility index (Phi) is 5.75. The molecule has 0 aliphatic rings. The molecule has 2 heterocycles. The summed E-state index contributed by atoms with van der Waals surface area (Å²) in [5, 5.41) is 10.1. The van der Waals surface area contributed by atoms with E-state index in [0.29, 0.717) is 11.7 Å². The number of thiophene rings is 1. The van der Waals surface area contributed by atoms with Crippen LogP contribution in [0.2, 0.25) is 0 Å². The fourth-order valence-electron chi connectivity index (χ4n) is 2.15. The Labute approximate surface area is 156 Å². The van der Waals surface area contributed by atoms with Crippen molar-refractivity contribution in [1.82, 2.24) is 10.1 Å². The van der Waals surface area contributed by atoms with E-state index in [1.54, 1.807) is 6.07 Å². The Morgan fingerprint density at radius 2 is 2.07 bits per heavy atom. The van der Waals surface area contributed by atoms with E-state index >= 15 is 0 Å². The molecule has 0 aliphatic carbocycles. The molecule has 0 spiro atoms. The second-order valence-corrected chi connectivity index (χ2v) is 6.25. The minimum Gasteiger partial charge on any atom is -0.482 e. The van der Waals surface area contributed by atoms with Crippen LogP contribution in [0.5, 0.6) is 5.75 Å². The maximum absolute atomic E-state index is 12.3. The summed E-state index contributed by atoms with van der Waals surface area (Å²) in [6.07, 6.45) is -4.23. The Morgan fingerprint density at radius 3 is 2.81 bits per heavy atom.